The van der Waals surface area contributed by atoms with E-state index in [1.54, 1.807) is 7.11 Å². The predicted molar refractivity (Wildman–Crippen MR) is 139 cm³/mol. The summed E-state index contributed by atoms with van der Waals surface area (Å²) in [6.45, 7) is 6.44. The number of hydrogen-bond donors (Lipinski definition) is 0. The van der Waals surface area contributed by atoms with Gasteiger partial charge in [-0.1, -0.05) is 18.2 Å². The number of pyridine rings is 2. The van der Waals surface area contributed by atoms with Crippen LogP contribution in [0.3, 0.4) is 0 Å². The fourth-order valence-electron chi connectivity index (χ4n) is 5.71. The summed E-state index contributed by atoms with van der Waals surface area (Å²) >= 11 is 0. The second kappa shape index (κ2) is 9.11. The number of hydrogen-bond acceptors (Lipinski definition) is 6. The molecular weight excluding hydrogens is 422 g/mol. The number of ether oxygens (including phenoxy) is 1. The van der Waals surface area contributed by atoms with Gasteiger partial charge in [0.15, 0.2) is 0 Å². The Balaban J connectivity index is 1.11. The average Bonchev–Trinajstić information content (AvgIpc) is 2.92. The van der Waals surface area contributed by atoms with Gasteiger partial charge < -0.3 is 14.5 Å². The minimum absolute atomic E-state index is 0.659. The van der Waals surface area contributed by atoms with Crippen LogP contribution < -0.4 is 14.5 Å². The number of para-hydroxylation sites is 1. The molecule has 4 aromatic rings. The molecule has 6 rings (SSSR count). The summed E-state index contributed by atoms with van der Waals surface area (Å²) < 4.78 is 5.56. The number of piperazine rings is 1. The van der Waals surface area contributed by atoms with E-state index in [0.29, 0.717) is 6.04 Å². The first-order valence-corrected chi connectivity index (χ1v) is 12.3. The van der Waals surface area contributed by atoms with E-state index in [-0.39, 0.29) is 0 Å². The topological polar surface area (TPSA) is 44.7 Å². The molecule has 2 aliphatic heterocycles. The molecule has 0 amide bonds. The van der Waals surface area contributed by atoms with Gasteiger partial charge >= 0.3 is 0 Å². The lowest BCUT2D eigenvalue weighted by molar-refractivity contribution is 0.160. The van der Waals surface area contributed by atoms with Crippen molar-refractivity contribution in [3.8, 4) is 5.75 Å². The molecule has 0 unspecified atom stereocenters. The molecule has 4 heterocycles. The Morgan fingerprint density at radius 2 is 1.38 bits per heavy atom. The van der Waals surface area contributed by atoms with Crippen LogP contribution in [0.2, 0.25) is 0 Å². The van der Waals surface area contributed by atoms with Gasteiger partial charge in [-0.15, -0.1) is 0 Å². The largest absolute Gasteiger partial charge is 0.496 e. The maximum Gasteiger partial charge on any atom is 0.128 e. The first-order valence-electron chi connectivity index (χ1n) is 12.3. The van der Waals surface area contributed by atoms with Crippen LogP contribution >= 0.6 is 0 Å². The van der Waals surface area contributed by atoms with Crippen LogP contribution in [0.15, 0.2) is 67.0 Å². The Hall–Kier alpha value is -3.38. The van der Waals surface area contributed by atoms with E-state index in [4.69, 9.17) is 4.74 Å². The lowest BCUT2D eigenvalue weighted by Gasteiger charge is -2.44. The normalized spacial score (nSPS) is 18.0. The molecule has 2 aromatic carbocycles. The molecule has 2 fully saturated rings. The molecule has 174 valence electrons. The number of aromatic nitrogens is 2. The van der Waals surface area contributed by atoms with Crippen molar-refractivity contribution in [2.75, 3.05) is 56.2 Å². The summed E-state index contributed by atoms with van der Waals surface area (Å²) in [5.74, 6) is 0.888. The van der Waals surface area contributed by atoms with Gasteiger partial charge in [0.1, 0.15) is 5.75 Å². The van der Waals surface area contributed by atoms with Crippen molar-refractivity contribution in [2.45, 2.75) is 18.9 Å². The standard InChI is InChI=1S/C28H31N5O/c1-34-26-10-9-25(28-23(26)7-4-14-30-28)33-19-17-31(18-20-33)22-11-15-32(16-12-22)24-8-2-5-21-6-3-13-29-27(21)24/h2-10,13-14,22H,11-12,15-20H2,1H3. The molecule has 34 heavy (non-hydrogen) atoms. The van der Waals surface area contributed by atoms with Gasteiger partial charge in [-0.05, 0) is 49.2 Å². The molecule has 0 saturated carbocycles. The molecule has 0 radical (unpaired) electrons. The van der Waals surface area contributed by atoms with E-state index in [9.17, 15) is 0 Å². The molecule has 0 spiro atoms. The maximum atomic E-state index is 5.56. The molecule has 6 nitrogen and oxygen atoms in total. The molecule has 0 aliphatic carbocycles. The van der Waals surface area contributed by atoms with E-state index in [0.717, 1.165) is 61.4 Å². The summed E-state index contributed by atoms with van der Waals surface area (Å²) in [7, 11) is 1.72. The Morgan fingerprint density at radius 1 is 0.706 bits per heavy atom. The van der Waals surface area contributed by atoms with E-state index in [1.165, 1.54) is 29.6 Å². The molecule has 2 aliphatic rings. The van der Waals surface area contributed by atoms with E-state index in [2.05, 4.69) is 67.1 Å². The third kappa shape index (κ3) is 3.82. The first kappa shape index (κ1) is 21.2. The Bertz CT molecular complexity index is 1290. The van der Waals surface area contributed by atoms with Crippen LogP contribution in [0.5, 0.6) is 5.75 Å². The summed E-state index contributed by atoms with van der Waals surface area (Å²) in [5.41, 5.74) is 4.65. The number of benzene rings is 2. The fourth-order valence-corrected chi connectivity index (χ4v) is 5.71. The summed E-state index contributed by atoms with van der Waals surface area (Å²) in [5, 5.41) is 2.30. The smallest absolute Gasteiger partial charge is 0.128 e. The highest BCUT2D eigenvalue weighted by Crippen LogP contribution is 2.33. The molecule has 0 N–H and O–H groups in total. The molecule has 6 heteroatoms. The van der Waals surface area contributed by atoms with Gasteiger partial charge in [-0.3, -0.25) is 14.9 Å². The first-order chi connectivity index (χ1) is 16.8. The van der Waals surface area contributed by atoms with Crippen LogP contribution in [0.4, 0.5) is 11.4 Å². The summed E-state index contributed by atoms with van der Waals surface area (Å²) in [6, 6.07) is 19.7. The zero-order valence-electron chi connectivity index (χ0n) is 19.7. The third-order valence-corrected chi connectivity index (χ3v) is 7.52. The van der Waals surface area contributed by atoms with Crippen LogP contribution in [-0.4, -0.2) is 67.3 Å². The zero-order valence-corrected chi connectivity index (χ0v) is 19.7. The van der Waals surface area contributed by atoms with Gasteiger partial charge in [0.2, 0.25) is 0 Å². The molecule has 2 aromatic heterocycles. The van der Waals surface area contributed by atoms with Crippen LogP contribution in [0.1, 0.15) is 12.8 Å². The number of rotatable bonds is 4. The zero-order chi connectivity index (χ0) is 22.9. The van der Waals surface area contributed by atoms with Gasteiger partial charge in [-0.2, -0.15) is 0 Å². The van der Waals surface area contributed by atoms with Crippen molar-refractivity contribution >= 4 is 33.2 Å². The quantitative estimate of drug-likeness (QED) is 0.451. The van der Waals surface area contributed by atoms with Gasteiger partial charge in [-0.25, -0.2) is 0 Å². The highest BCUT2D eigenvalue weighted by Gasteiger charge is 2.29. The minimum Gasteiger partial charge on any atom is -0.496 e. The van der Waals surface area contributed by atoms with Crippen LogP contribution in [0, 0.1) is 0 Å². The summed E-state index contributed by atoms with van der Waals surface area (Å²) in [4.78, 5) is 17.1. The summed E-state index contributed by atoms with van der Waals surface area (Å²) in [6.07, 6.45) is 6.19. The van der Waals surface area contributed by atoms with Gasteiger partial charge in [0.05, 0.1) is 29.5 Å². The van der Waals surface area contributed by atoms with E-state index >= 15 is 0 Å². The van der Waals surface area contributed by atoms with Crippen LogP contribution in [0.25, 0.3) is 21.8 Å². The van der Waals surface area contributed by atoms with Crippen molar-refractivity contribution in [3.63, 3.8) is 0 Å². The number of anilines is 2. The number of piperidine rings is 1. The number of fused-ring (bicyclic) bond motifs is 2. The molecule has 2 saturated heterocycles. The van der Waals surface area contributed by atoms with Crippen molar-refractivity contribution in [1.82, 2.24) is 14.9 Å². The second-order valence-corrected chi connectivity index (χ2v) is 9.28. The second-order valence-electron chi connectivity index (χ2n) is 9.28. The number of methoxy groups -OCH3 is 1. The lowest BCUT2D eigenvalue weighted by Crippen LogP contribution is -2.53. The Labute approximate surface area is 200 Å². The Kier molecular flexibility index (Phi) is 5.67. The predicted octanol–water partition coefficient (Wildman–Crippen LogP) is 4.58. The Morgan fingerprint density at radius 3 is 2.18 bits per heavy atom. The van der Waals surface area contributed by atoms with E-state index in [1.807, 2.05) is 24.5 Å². The van der Waals surface area contributed by atoms with Crippen LogP contribution in [-0.2, 0) is 0 Å². The monoisotopic (exact) mass is 453 g/mol. The average molecular weight is 454 g/mol. The van der Waals surface area contributed by atoms with Crippen molar-refractivity contribution in [3.05, 3.63) is 67.0 Å². The van der Waals surface area contributed by atoms with Gasteiger partial charge in [0, 0.05) is 68.5 Å². The van der Waals surface area contributed by atoms with Crippen molar-refractivity contribution in [1.29, 1.82) is 0 Å². The highest BCUT2D eigenvalue weighted by molar-refractivity contribution is 5.95. The maximum absolute atomic E-state index is 5.56. The number of nitrogens with zero attached hydrogens (tertiary/aromatic N) is 5. The minimum atomic E-state index is 0.659. The molecular formula is C28H31N5O. The lowest BCUT2D eigenvalue weighted by atomic mass is 10.0. The highest BCUT2D eigenvalue weighted by atomic mass is 16.5. The SMILES string of the molecule is COc1ccc(N2CCN(C3CCN(c4cccc5cccnc45)CC3)CC2)c2ncccc12. The third-order valence-electron chi connectivity index (χ3n) is 7.52. The molecule has 0 bridgehead atoms. The van der Waals surface area contributed by atoms with Gasteiger partial charge in [0.25, 0.3) is 0 Å². The van der Waals surface area contributed by atoms with Crippen molar-refractivity contribution < 1.29 is 4.74 Å². The van der Waals surface area contributed by atoms with E-state index < -0.39 is 0 Å². The van der Waals surface area contributed by atoms with Crippen molar-refractivity contribution in [2.24, 2.45) is 0 Å². The molecule has 0 atom stereocenters. The fraction of sp³-hybridized carbons (Fsp3) is 0.357.